The average molecular weight is 554 g/mol. The standard InChI is InChI=1S/C29H31N9O3/c1-15(33-14-25(39)38-21(13-30)10-20-11-24(20)38)12-29(28-34-36-37-35-28)22-6-4-18(26(31)40)8-16(22)2-3-17-9-19(27(32)41)5-7-23(17)29/h4-9,15,20-21,24,33H,2-3,10-12,14H2,1H3,(H2,31,40)(H2,32,41)(H,34,35,36,37)/t15-,20+,21-,24-/m0/s1. The van der Waals surface area contributed by atoms with Crippen LogP contribution in [-0.2, 0) is 23.1 Å². The van der Waals surface area contributed by atoms with Gasteiger partial charge in [0.1, 0.15) is 6.04 Å². The number of aryl methyl sites for hydroxylation is 2. The van der Waals surface area contributed by atoms with Gasteiger partial charge in [-0.3, -0.25) is 14.4 Å². The number of hydrogen-bond donors (Lipinski definition) is 4. The third-order valence-corrected chi connectivity index (χ3v) is 8.87. The molecule has 0 unspecified atom stereocenters. The molecule has 2 aromatic carbocycles. The van der Waals surface area contributed by atoms with Crippen molar-refractivity contribution in [3.63, 3.8) is 0 Å². The molecule has 1 saturated heterocycles. The molecule has 3 amide bonds. The van der Waals surface area contributed by atoms with Gasteiger partial charge < -0.3 is 21.7 Å². The van der Waals surface area contributed by atoms with E-state index in [2.05, 4.69) is 32.0 Å². The van der Waals surface area contributed by atoms with Gasteiger partial charge in [0, 0.05) is 23.2 Å². The Kier molecular flexibility index (Phi) is 6.54. The minimum Gasteiger partial charge on any atom is -0.366 e. The van der Waals surface area contributed by atoms with Crippen molar-refractivity contribution in [3.05, 3.63) is 75.6 Å². The van der Waals surface area contributed by atoms with Crippen molar-refractivity contribution in [2.75, 3.05) is 6.54 Å². The second-order valence-corrected chi connectivity index (χ2v) is 11.4. The zero-order valence-electron chi connectivity index (χ0n) is 22.6. The Morgan fingerprint density at radius 3 is 2.27 bits per heavy atom. The van der Waals surface area contributed by atoms with Crippen molar-refractivity contribution in [1.82, 2.24) is 30.8 Å². The average Bonchev–Trinajstić information content (AvgIpc) is 3.35. The highest BCUT2D eigenvalue weighted by Gasteiger charge is 2.54. The van der Waals surface area contributed by atoms with Gasteiger partial charge >= 0.3 is 0 Å². The highest BCUT2D eigenvalue weighted by atomic mass is 16.2. The minimum absolute atomic E-state index is 0.0809. The monoisotopic (exact) mass is 553 g/mol. The third-order valence-electron chi connectivity index (χ3n) is 8.87. The first kappa shape index (κ1) is 26.6. The van der Waals surface area contributed by atoms with E-state index in [4.69, 9.17) is 11.5 Å². The molecule has 2 aliphatic carbocycles. The lowest BCUT2D eigenvalue weighted by Gasteiger charge is -2.37. The third kappa shape index (κ3) is 4.52. The van der Waals surface area contributed by atoms with E-state index in [1.165, 1.54) is 0 Å². The summed E-state index contributed by atoms with van der Waals surface area (Å²) in [6.45, 7) is 2.08. The lowest BCUT2D eigenvalue weighted by atomic mass is 9.67. The highest BCUT2D eigenvalue weighted by Crippen LogP contribution is 2.48. The number of nitrogens with one attached hydrogen (secondary N) is 2. The highest BCUT2D eigenvalue weighted by molar-refractivity contribution is 5.94. The number of rotatable bonds is 8. The van der Waals surface area contributed by atoms with Crippen LogP contribution in [0.1, 0.15) is 75.0 Å². The molecule has 0 spiro atoms. The van der Waals surface area contributed by atoms with Gasteiger partial charge in [0.2, 0.25) is 17.7 Å². The van der Waals surface area contributed by atoms with Crippen LogP contribution in [-0.4, -0.2) is 67.9 Å². The number of aromatic nitrogens is 4. The van der Waals surface area contributed by atoms with E-state index < -0.39 is 17.2 Å². The molecule has 0 radical (unpaired) electrons. The Labute approximate surface area is 236 Å². The Morgan fingerprint density at radius 1 is 1.10 bits per heavy atom. The fourth-order valence-corrected chi connectivity index (χ4v) is 6.88. The van der Waals surface area contributed by atoms with E-state index >= 15 is 0 Å². The topological polar surface area (TPSA) is 197 Å². The van der Waals surface area contributed by atoms with Gasteiger partial charge in [-0.15, -0.1) is 5.10 Å². The van der Waals surface area contributed by atoms with Crippen molar-refractivity contribution < 1.29 is 14.4 Å². The number of fused-ring (bicyclic) bond motifs is 3. The molecule has 12 heteroatoms. The summed E-state index contributed by atoms with van der Waals surface area (Å²) in [6.07, 6.45) is 3.33. The van der Waals surface area contributed by atoms with Crippen molar-refractivity contribution in [2.45, 2.75) is 62.6 Å². The molecule has 2 heterocycles. The molecule has 0 bridgehead atoms. The quantitative estimate of drug-likeness (QED) is 0.313. The largest absolute Gasteiger partial charge is 0.366 e. The van der Waals surface area contributed by atoms with Crippen molar-refractivity contribution in [1.29, 1.82) is 5.26 Å². The number of benzene rings is 2. The smallest absolute Gasteiger partial charge is 0.248 e. The molecule has 6 rings (SSSR count). The molecule has 1 aromatic heterocycles. The molecule has 6 N–H and O–H groups in total. The van der Waals surface area contributed by atoms with E-state index in [0.29, 0.717) is 42.1 Å². The number of amides is 3. The number of tetrazole rings is 1. The maximum absolute atomic E-state index is 13.2. The van der Waals surface area contributed by atoms with E-state index in [1.807, 2.05) is 19.1 Å². The second-order valence-electron chi connectivity index (χ2n) is 11.4. The maximum atomic E-state index is 13.2. The molecule has 1 aliphatic heterocycles. The van der Waals surface area contributed by atoms with E-state index in [-0.39, 0.29) is 30.6 Å². The summed E-state index contributed by atoms with van der Waals surface area (Å²) in [5.41, 5.74) is 14.7. The van der Waals surface area contributed by atoms with Crippen molar-refractivity contribution in [3.8, 4) is 6.07 Å². The van der Waals surface area contributed by atoms with E-state index in [0.717, 1.165) is 35.1 Å². The number of nitrogens with zero attached hydrogens (tertiary/aromatic N) is 5. The lowest BCUT2D eigenvalue weighted by Crippen LogP contribution is -2.46. The van der Waals surface area contributed by atoms with Crippen LogP contribution in [0.5, 0.6) is 0 Å². The van der Waals surface area contributed by atoms with Crippen LogP contribution in [0.2, 0.25) is 0 Å². The first-order chi connectivity index (χ1) is 19.7. The second kappa shape index (κ2) is 10.1. The molecule has 3 aliphatic rings. The summed E-state index contributed by atoms with van der Waals surface area (Å²) in [5.74, 6) is -0.200. The molecule has 3 aromatic rings. The minimum atomic E-state index is -0.920. The van der Waals surface area contributed by atoms with Crippen molar-refractivity contribution in [2.24, 2.45) is 17.4 Å². The van der Waals surface area contributed by atoms with Crippen LogP contribution < -0.4 is 16.8 Å². The molecule has 4 atom stereocenters. The zero-order valence-corrected chi connectivity index (χ0v) is 22.6. The SMILES string of the molecule is C[C@@H](CC1(c2nnn[nH]2)c2ccc(C(N)=O)cc2CCc2cc(C(N)=O)ccc21)NCC(=O)N1[C@H](C#N)C[C@@H]2C[C@@H]21. The molecule has 2 fully saturated rings. The first-order valence-corrected chi connectivity index (χ1v) is 13.8. The summed E-state index contributed by atoms with van der Waals surface area (Å²) in [6, 6.07) is 12.7. The lowest BCUT2D eigenvalue weighted by molar-refractivity contribution is -0.131. The van der Waals surface area contributed by atoms with Crippen LogP contribution in [0.3, 0.4) is 0 Å². The molecule has 1 saturated carbocycles. The number of likely N-dealkylation sites (tertiary alicyclic amines) is 1. The van der Waals surface area contributed by atoms with Gasteiger partial charge in [-0.2, -0.15) is 5.26 Å². The Morgan fingerprint density at radius 2 is 1.73 bits per heavy atom. The maximum Gasteiger partial charge on any atom is 0.248 e. The van der Waals surface area contributed by atoms with Crippen LogP contribution in [0, 0.1) is 17.2 Å². The van der Waals surface area contributed by atoms with E-state index in [9.17, 15) is 19.6 Å². The Bertz CT molecular complexity index is 1510. The molecular weight excluding hydrogens is 522 g/mol. The summed E-state index contributed by atoms with van der Waals surface area (Å²) >= 11 is 0. The molecule has 210 valence electrons. The molecular formula is C29H31N9O3. The predicted octanol–water partition coefficient (Wildman–Crippen LogP) is 0.712. The van der Waals surface area contributed by atoms with Crippen LogP contribution >= 0.6 is 0 Å². The zero-order chi connectivity index (χ0) is 28.9. The number of carbonyl (C=O) groups is 3. The fraction of sp³-hybridized carbons (Fsp3) is 0.414. The summed E-state index contributed by atoms with van der Waals surface area (Å²) in [5, 5.41) is 28.1. The predicted molar refractivity (Wildman–Crippen MR) is 146 cm³/mol. The van der Waals surface area contributed by atoms with Gasteiger partial charge in [-0.1, -0.05) is 12.1 Å². The Balaban J connectivity index is 1.40. The number of carbonyl (C=O) groups excluding carboxylic acids is 3. The van der Waals surface area contributed by atoms with Gasteiger partial charge in [-0.25, -0.2) is 5.10 Å². The first-order valence-electron chi connectivity index (χ1n) is 13.8. The van der Waals surface area contributed by atoms with Crippen LogP contribution in [0.15, 0.2) is 36.4 Å². The normalized spacial score (nSPS) is 22.4. The number of nitriles is 1. The number of primary amides is 2. The summed E-state index contributed by atoms with van der Waals surface area (Å²) in [7, 11) is 0. The molecule has 41 heavy (non-hydrogen) atoms. The van der Waals surface area contributed by atoms with Gasteiger partial charge in [0.15, 0.2) is 5.82 Å². The molecule has 12 nitrogen and oxygen atoms in total. The number of hydrogen-bond acceptors (Lipinski definition) is 8. The summed E-state index contributed by atoms with van der Waals surface area (Å²) < 4.78 is 0. The van der Waals surface area contributed by atoms with Gasteiger partial charge in [0.05, 0.1) is 18.0 Å². The van der Waals surface area contributed by atoms with Gasteiger partial charge in [-0.05, 0) is 102 Å². The van der Waals surface area contributed by atoms with Crippen LogP contribution in [0.4, 0.5) is 0 Å². The van der Waals surface area contributed by atoms with E-state index in [1.54, 1.807) is 29.2 Å². The number of nitrogens with two attached hydrogens (primary N) is 2. The van der Waals surface area contributed by atoms with Crippen LogP contribution in [0.25, 0.3) is 0 Å². The number of aromatic amines is 1. The fourth-order valence-electron chi connectivity index (χ4n) is 6.88. The summed E-state index contributed by atoms with van der Waals surface area (Å²) in [4.78, 5) is 39.1. The number of piperidine rings is 1. The van der Waals surface area contributed by atoms with Gasteiger partial charge in [0.25, 0.3) is 0 Å². The number of H-pyrrole nitrogens is 1. The van der Waals surface area contributed by atoms with Crippen molar-refractivity contribution >= 4 is 17.7 Å². The Hall–Kier alpha value is -4.63.